The molecule has 1 aliphatic rings. The average molecular weight is 905 g/mol. The van der Waals surface area contributed by atoms with E-state index < -0.39 is 95.7 Å². The maximum atomic E-state index is 14.6. The van der Waals surface area contributed by atoms with Crippen molar-refractivity contribution in [3.05, 3.63) is 92.5 Å². The SMILES string of the molecule is Cn1nc(NS(C)(=O)=O)c2c(Cl)ccc(-c3ccc(C#CC(C)(C)S(=O)(=O)C4CC4)nc3[C@H](Cc3cc(F)cc(F)c3)NC(=O)Cn3nc(C(F)F)c(Cl)c3C(F)F)c21. The average Bonchev–Trinajstić information content (AvgIpc) is 3.86. The van der Waals surface area contributed by atoms with Crippen molar-refractivity contribution in [3.63, 3.8) is 0 Å². The number of alkyl halides is 4. The van der Waals surface area contributed by atoms with E-state index in [1.807, 2.05) is 0 Å². The molecule has 5 aromatic rings. The number of nitrogens with zero attached hydrogens (tertiary/aromatic N) is 5. The summed E-state index contributed by atoms with van der Waals surface area (Å²) in [7, 11) is -6.07. The molecule has 0 spiro atoms. The number of amides is 1. The molecule has 2 N–H and O–H groups in total. The lowest BCUT2D eigenvalue weighted by Crippen LogP contribution is -2.34. The number of rotatable bonds is 13. The highest BCUT2D eigenvalue weighted by Crippen LogP contribution is 2.41. The third kappa shape index (κ3) is 9.32. The number of fused-ring (bicyclic) bond motifs is 1. The van der Waals surface area contributed by atoms with Crippen molar-refractivity contribution < 1.29 is 48.0 Å². The van der Waals surface area contributed by atoms with Crippen LogP contribution in [-0.4, -0.2) is 63.5 Å². The van der Waals surface area contributed by atoms with Crippen LogP contribution >= 0.6 is 23.2 Å². The zero-order chi connectivity index (χ0) is 43.4. The minimum Gasteiger partial charge on any atom is -0.346 e. The van der Waals surface area contributed by atoms with Crippen LogP contribution in [0, 0.1) is 23.5 Å². The molecule has 2 aromatic carbocycles. The molecule has 6 rings (SSSR count). The fourth-order valence-corrected chi connectivity index (χ4v) is 9.28. The van der Waals surface area contributed by atoms with Crippen molar-refractivity contribution in [2.45, 2.75) is 68.5 Å². The largest absolute Gasteiger partial charge is 0.346 e. The highest BCUT2D eigenvalue weighted by molar-refractivity contribution is 7.93. The van der Waals surface area contributed by atoms with E-state index in [-0.39, 0.29) is 49.8 Å². The zero-order valence-electron chi connectivity index (χ0n) is 31.3. The fraction of sp³-hybridized carbons (Fsp3) is 0.351. The van der Waals surface area contributed by atoms with Crippen LogP contribution in [0.4, 0.5) is 32.2 Å². The predicted octanol–water partition coefficient (Wildman–Crippen LogP) is 7.47. The molecule has 314 valence electrons. The number of hydrogen-bond acceptors (Lipinski definition) is 8. The van der Waals surface area contributed by atoms with Crippen LogP contribution in [0.15, 0.2) is 42.5 Å². The normalized spacial score (nSPS) is 14.1. The summed E-state index contributed by atoms with van der Waals surface area (Å²) in [5.41, 5.74) is -1.74. The lowest BCUT2D eigenvalue weighted by Gasteiger charge is -2.23. The molecule has 1 fully saturated rings. The van der Waals surface area contributed by atoms with Gasteiger partial charge in [-0.2, -0.15) is 10.2 Å². The fourth-order valence-electron chi connectivity index (χ4n) is 6.46. The first kappa shape index (κ1) is 43.7. The summed E-state index contributed by atoms with van der Waals surface area (Å²) < 4.78 is 138. The molecule has 0 unspecified atom stereocenters. The number of aryl methyl sites for hydroxylation is 1. The van der Waals surface area contributed by atoms with Gasteiger partial charge in [-0.1, -0.05) is 35.2 Å². The summed E-state index contributed by atoms with van der Waals surface area (Å²) >= 11 is 12.4. The molecule has 0 radical (unpaired) electrons. The van der Waals surface area contributed by atoms with Gasteiger partial charge in [0.25, 0.3) is 12.9 Å². The third-order valence-electron chi connectivity index (χ3n) is 9.29. The smallest absolute Gasteiger partial charge is 0.283 e. The summed E-state index contributed by atoms with van der Waals surface area (Å²) in [5.74, 6) is 2.34. The first-order chi connectivity index (χ1) is 27.5. The van der Waals surface area contributed by atoms with E-state index in [1.165, 1.54) is 49.8 Å². The Balaban J connectivity index is 1.56. The molecule has 3 heterocycles. The molecule has 1 atom stereocenters. The molecule has 0 aliphatic heterocycles. The van der Waals surface area contributed by atoms with E-state index in [9.17, 15) is 48.0 Å². The van der Waals surface area contributed by atoms with Gasteiger partial charge in [0.05, 0.1) is 44.2 Å². The van der Waals surface area contributed by atoms with Gasteiger partial charge in [0.2, 0.25) is 15.9 Å². The molecule has 1 amide bonds. The number of aromatic nitrogens is 5. The number of halogens is 8. The minimum absolute atomic E-state index is 0.0227. The second-order valence-corrected chi connectivity index (χ2v) is 19.6. The van der Waals surface area contributed by atoms with Gasteiger partial charge in [0, 0.05) is 24.2 Å². The van der Waals surface area contributed by atoms with E-state index in [2.05, 4.69) is 32.1 Å². The first-order valence-electron chi connectivity index (χ1n) is 17.4. The van der Waals surface area contributed by atoms with E-state index in [0.29, 0.717) is 23.6 Å². The number of carbonyl (C=O) groups is 1. The number of carbonyl (C=O) groups excluding carboxylic acids is 1. The topological polar surface area (TPSA) is 158 Å². The number of hydrogen-bond donors (Lipinski definition) is 2. The van der Waals surface area contributed by atoms with Crippen LogP contribution in [0.5, 0.6) is 0 Å². The molecule has 1 saturated carbocycles. The lowest BCUT2D eigenvalue weighted by molar-refractivity contribution is -0.122. The van der Waals surface area contributed by atoms with Gasteiger partial charge >= 0.3 is 0 Å². The van der Waals surface area contributed by atoms with Crippen molar-refractivity contribution in [2.75, 3.05) is 11.0 Å². The van der Waals surface area contributed by atoms with Crippen molar-refractivity contribution >= 4 is 65.7 Å². The summed E-state index contributed by atoms with van der Waals surface area (Å²) in [6.45, 7) is 1.80. The van der Waals surface area contributed by atoms with Gasteiger partial charge in [-0.15, -0.1) is 0 Å². The molecule has 3 aromatic heterocycles. The Labute approximate surface area is 344 Å². The summed E-state index contributed by atoms with van der Waals surface area (Å²) in [6, 6.07) is 7.02. The first-order valence-corrected chi connectivity index (χ1v) is 21.6. The second kappa shape index (κ2) is 16.3. The molecule has 59 heavy (non-hydrogen) atoms. The Morgan fingerprint density at radius 1 is 0.949 bits per heavy atom. The van der Waals surface area contributed by atoms with Gasteiger partial charge in [-0.05, 0) is 74.9 Å². The molecular weight excluding hydrogens is 871 g/mol. The second-order valence-electron chi connectivity index (χ2n) is 14.2. The van der Waals surface area contributed by atoms with Crippen molar-refractivity contribution in [3.8, 4) is 23.0 Å². The molecule has 0 saturated heterocycles. The van der Waals surface area contributed by atoms with Gasteiger partial charge in [0.1, 0.15) is 40.0 Å². The Hall–Kier alpha value is -4.84. The van der Waals surface area contributed by atoms with Crippen LogP contribution in [0.25, 0.3) is 22.0 Å². The summed E-state index contributed by atoms with van der Waals surface area (Å²) in [6.07, 6.45) is -5.33. The van der Waals surface area contributed by atoms with Gasteiger partial charge in [0.15, 0.2) is 15.7 Å². The quantitative estimate of drug-likeness (QED) is 0.0911. The number of anilines is 1. The molecule has 12 nitrogen and oxygen atoms in total. The Morgan fingerprint density at radius 3 is 2.19 bits per heavy atom. The Bertz CT molecular complexity index is 2760. The number of pyridine rings is 1. The highest BCUT2D eigenvalue weighted by atomic mass is 35.5. The van der Waals surface area contributed by atoms with Crippen LogP contribution in [0.3, 0.4) is 0 Å². The maximum absolute atomic E-state index is 14.6. The zero-order valence-corrected chi connectivity index (χ0v) is 34.4. The van der Waals surface area contributed by atoms with Gasteiger partial charge in [-0.3, -0.25) is 18.9 Å². The maximum Gasteiger partial charge on any atom is 0.283 e. The lowest BCUT2D eigenvalue weighted by atomic mass is 9.93. The highest BCUT2D eigenvalue weighted by Gasteiger charge is 2.45. The molecule has 22 heteroatoms. The third-order valence-corrected chi connectivity index (χ3v) is 13.4. The van der Waals surface area contributed by atoms with Crippen LogP contribution in [-0.2, 0) is 44.7 Å². The Morgan fingerprint density at radius 2 is 1.59 bits per heavy atom. The van der Waals surface area contributed by atoms with E-state index in [1.54, 1.807) is 0 Å². The number of sulfone groups is 1. The van der Waals surface area contributed by atoms with E-state index in [4.69, 9.17) is 28.2 Å². The number of benzene rings is 2. The standard InChI is InChI=1S/C37H33Cl2F6N7O5S2/c1-37(2,59(56,57)22-6-7-22)12-11-21-5-8-23(24-9-10-25(38)28-32(24)51(3)49-36(28)50-58(4,54)55)30(46-21)26(15-18-13-19(40)16-20(41)14-18)47-27(53)17-52-33(35(44)45)29(39)31(48-52)34(42)43/h5,8-10,13-14,16,22,26,34-35H,6-7,15,17H2,1-4H3,(H,47,53)(H,49,50)/t26-/m0/s1. The minimum atomic E-state index is -3.87. The molecule has 1 aliphatic carbocycles. The Kier molecular flexibility index (Phi) is 12.1. The van der Waals surface area contributed by atoms with Gasteiger partial charge in [-0.25, -0.2) is 48.2 Å². The van der Waals surface area contributed by atoms with Crippen molar-refractivity contribution in [1.82, 2.24) is 29.9 Å². The number of sulfonamides is 1. The van der Waals surface area contributed by atoms with Crippen LogP contribution < -0.4 is 10.0 Å². The summed E-state index contributed by atoms with van der Waals surface area (Å²) in [4.78, 5) is 18.5. The van der Waals surface area contributed by atoms with Gasteiger partial charge < -0.3 is 5.32 Å². The van der Waals surface area contributed by atoms with Crippen LogP contribution in [0.2, 0.25) is 10.0 Å². The summed E-state index contributed by atoms with van der Waals surface area (Å²) in [5, 5.41) is 8.97. The van der Waals surface area contributed by atoms with Crippen molar-refractivity contribution in [2.24, 2.45) is 7.05 Å². The molecular formula is C37H33Cl2F6N7O5S2. The number of nitrogens with one attached hydrogen (secondary N) is 2. The predicted molar refractivity (Wildman–Crippen MR) is 208 cm³/mol. The van der Waals surface area contributed by atoms with Crippen LogP contribution in [0.1, 0.15) is 73.9 Å². The van der Waals surface area contributed by atoms with E-state index >= 15 is 0 Å². The monoisotopic (exact) mass is 903 g/mol. The van der Waals surface area contributed by atoms with Crippen molar-refractivity contribution in [1.29, 1.82) is 0 Å². The molecule has 0 bridgehead atoms. The van der Waals surface area contributed by atoms with E-state index in [0.717, 1.165) is 18.4 Å².